The molecule has 0 aliphatic carbocycles. The van der Waals surface area contributed by atoms with Crippen molar-refractivity contribution in [2.75, 3.05) is 20.2 Å². The highest BCUT2D eigenvalue weighted by molar-refractivity contribution is 5.68. The van der Waals surface area contributed by atoms with Crippen molar-refractivity contribution in [3.8, 4) is 5.75 Å². The highest BCUT2D eigenvalue weighted by atomic mass is 19.1. The Kier molecular flexibility index (Phi) is 4.21. The Morgan fingerprint density at radius 1 is 1.58 bits per heavy atom. The highest BCUT2D eigenvalue weighted by Crippen LogP contribution is 2.20. The number of likely N-dealkylation sites (tertiary alicyclic amines) is 1. The lowest BCUT2D eigenvalue weighted by atomic mass is 10.2. The Morgan fingerprint density at radius 3 is 3.00 bits per heavy atom. The molecule has 0 bridgehead atoms. The monoisotopic (exact) mass is 268 g/mol. The fourth-order valence-electron chi connectivity index (χ4n) is 2.04. The van der Waals surface area contributed by atoms with Gasteiger partial charge in [-0.2, -0.15) is 0 Å². The molecule has 0 aromatic heterocycles. The lowest BCUT2D eigenvalue weighted by Crippen LogP contribution is -2.32. The molecule has 6 heteroatoms. The zero-order valence-corrected chi connectivity index (χ0v) is 10.8. The van der Waals surface area contributed by atoms with Crippen LogP contribution < -0.4 is 10.5 Å². The molecular weight excluding hydrogens is 251 g/mol. The number of carbonyl (C=O) groups excluding carboxylic acids is 1. The first kappa shape index (κ1) is 13.6. The van der Waals surface area contributed by atoms with Gasteiger partial charge in [0.25, 0.3) is 0 Å². The van der Waals surface area contributed by atoms with Crippen LogP contribution in [0.1, 0.15) is 12.0 Å². The van der Waals surface area contributed by atoms with Crippen molar-refractivity contribution in [2.45, 2.75) is 19.1 Å². The van der Waals surface area contributed by atoms with Crippen molar-refractivity contribution in [3.05, 3.63) is 29.6 Å². The normalized spacial score (nSPS) is 18.5. The fraction of sp³-hybridized carbons (Fsp3) is 0.462. The van der Waals surface area contributed by atoms with E-state index in [9.17, 15) is 9.18 Å². The van der Waals surface area contributed by atoms with E-state index in [2.05, 4.69) is 0 Å². The molecule has 2 rings (SSSR count). The summed E-state index contributed by atoms with van der Waals surface area (Å²) in [4.78, 5) is 13.3. The number of halogens is 1. The largest absolute Gasteiger partial charge is 0.496 e. The van der Waals surface area contributed by atoms with Crippen LogP contribution >= 0.6 is 0 Å². The molecule has 1 aliphatic rings. The number of methoxy groups -OCH3 is 1. The van der Waals surface area contributed by atoms with Crippen molar-refractivity contribution >= 4 is 6.09 Å². The molecule has 1 atom stereocenters. The minimum Gasteiger partial charge on any atom is -0.496 e. The minimum atomic E-state index is -0.431. The van der Waals surface area contributed by atoms with Gasteiger partial charge in [0.2, 0.25) is 0 Å². The molecule has 1 aromatic rings. The number of nitrogens with zero attached hydrogens (tertiary/aromatic N) is 1. The number of hydrogen-bond acceptors (Lipinski definition) is 4. The van der Waals surface area contributed by atoms with Gasteiger partial charge in [-0.25, -0.2) is 9.18 Å². The summed E-state index contributed by atoms with van der Waals surface area (Å²) in [5.74, 6) is 0.0994. The van der Waals surface area contributed by atoms with Gasteiger partial charge in [0, 0.05) is 24.7 Å². The van der Waals surface area contributed by atoms with Crippen molar-refractivity contribution in [3.63, 3.8) is 0 Å². The first-order valence-electron chi connectivity index (χ1n) is 6.10. The van der Waals surface area contributed by atoms with Gasteiger partial charge >= 0.3 is 6.09 Å². The van der Waals surface area contributed by atoms with Gasteiger partial charge < -0.3 is 20.1 Å². The average Bonchev–Trinajstić information content (AvgIpc) is 2.83. The molecule has 1 amide bonds. The zero-order chi connectivity index (χ0) is 13.8. The number of rotatable bonds is 3. The van der Waals surface area contributed by atoms with Crippen LogP contribution in [0.3, 0.4) is 0 Å². The van der Waals surface area contributed by atoms with E-state index < -0.39 is 11.9 Å². The second-order valence-corrected chi connectivity index (χ2v) is 4.51. The molecule has 1 unspecified atom stereocenters. The van der Waals surface area contributed by atoms with E-state index in [1.165, 1.54) is 25.3 Å². The summed E-state index contributed by atoms with van der Waals surface area (Å²) in [6.45, 7) is 1.07. The summed E-state index contributed by atoms with van der Waals surface area (Å²) in [5, 5.41) is 0. The van der Waals surface area contributed by atoms with Gasteiger partial charge in [-0.3, -0.25) is 0 Å². The van der Waals surface area contributed by atoms with Crippen LogP contribution in [-0.2, 0) is 11.3 Å². The smallest absolute Gasteiger partial charge is 0.410 e. The van der Waals surface area contributed by atoms with E-state index in [0.717, 1.165) is 6.42 Å². The van der Waals surface area contributed by atoms with Crippen LogP contribution in [0.25, 0.3) is 0 Å². The number of benzene rings is 1. The first-order chi connectivity index (χ1) is 9.10. The Hall–Kier alpha value is -1.82. The van der Waals surface area contributed by atoms with Crippen molar-refractivity contribution in [1.82, 2.24) is 4.90 Å². The summed E-state index contributed by atoms with van der Waals surface area (Å²) in [5.41, 5.74) is 6.22. The highest BCUT2D eigenvalue weighted by Gasteiger charge is 2.24. The molecule has 104 valence electrons. The molecule has 1 aromatic carbocycles. The zero-order valence-electron chi connectivity index (χ0n) is 10.8. The second kappa shape index (κ2) is 5.88. The Bertz CT molecular complexity index is 467. The molecule has 1 saturated heterocycles. The lowest BCUT2D eigenvalue weighted by Gasteiger charge is -2.16. The minimum absolute atomic E-state index is 0.0104. The van der Waals surface area contributed by atoms with Gasteiger partial charge in [0.05, 0.1) is 7.11 Å². The van der Waals surface area contributed by atoms with E-state index in [-0.39, 0.29) is 12.6 Å². The van der Waals surface area contributed by atoms with Gasteiger partial charge in [-0.15, -0.1) is 0 Å². The third-order valence-electron chi connectivity index (χ3n) is 3.08. The quantitative estimate of drug-likeness (QED) is 0.902. The van der Waals surface area contributed by atoms with E-state index in [1.807, 2.05) is 0 Å². The molecule has 0 saturated carbocycles. The standard InChI is InChI=1S/C13H17FN2O3/c1-18-12-3-2-10(14)6-9(12)8-19-13(17)16-5-4-11(15)7-16/h2-3,6,11H,4-5,7-8,15H2,1H3. The third-order valence-corrected chi connectivity index (χ3v) is 3.08. The number of carbonyl (C=O) groups is 1. The van der Waals surface area contributed by atoms with Crippen molar-refractivity contribution < 1.29 is 18.7 Å². The Labute approximate surface area is 111 Å². The van der Waals surface area contributed by atoms with Gasteiger partial charge in [-0.05, 0) is 24.6 Å². The summed E-state index contributed by atoms with van der Waals surface area (Å²) in [7, 11) is 1.48. The average molecular weight is 268 g/mol. The number of hydrogen-bond donors (Lipinski definition) is 1. The van der Waals surface area contributed by atoms with Crippen LogP contribution in [-0.4, -0.2) is 37.2 Å². The molecular formula is C13H17FN2O3. The van der Waals surface area contributed by atoms with Crippen molar-refractivity contribution in [1.29, 1.82) is 0 Å². The third kappa shape index (κ3) is 3.35. The maximum absolute atomic E-state index is 13.1. The van der Waals surface area contributed by atoms with E-state index in [0.29, 0.717) is 24.4 Å². The predicted octanol–water partition coefficient (Wildman–Crippen LogP) is 1.50. The molecule has 0 radical (unpaired) electrons. The molecule has 19 heavy (non-hydrogen) atoms. The first-order valence-corrected chi connectivity index (χ1v) is 6.10. The van der Waals surface area contributed by atoms with Crippen LogP contribution in [0.5, 0.6) is 5.75 Å². The fourth-order valence-corrected chi connectivity index (χ4v) is 2.04. The Balaban J connectivity index is 1.95. The predicted molar refractivity (Wildman–Crippen MR) is 67.3 cm³/mol. The van der Waals surface area contributed by atoms with E-state index >= 15 is 0 Å². The maximum Gasteiger partial charge on any atom is 0.410 e. The lowest BCUT2D eigenvalue weighted by molar-refractivity contribution is 0.103. The van der Waals surface area contributed by atoms with Gasteiger partial charge in [0.15, 0.2) is 0 Å². The van der Waals surface area contributed by atoms with Crippen LogP contribution in [0.2, 0.25) is 0 Å². The Morgan fingerprint density at radius 2 is 2.37 bits per heavy atom. The van der Waals surface area contributed by atoms with E-state index in [4.69, 9.17) is 15.2 Å². The van der Waals surface area contributed by atoms with Gasteiger partial charge in [0.1, 0.15) is 18.2 Å². The molecule has 5 nitrogen and oxygen atoms in total. The number of amides is 1. The van der Waals surface area contributed by atoms with Crippen molar-refractivity contribution in [2.24, 2.45) is 5.73 Å². The van der Waals surface area contributed by atoms with Crippen LogP contribution in [0.4, 0.5) is 9.18 Å². The summed E-state index contributed by atoms with van der Waals surface area (Å²) in [6.07, 6.45) is 0.345. The van der Waals surface area contributed by atoms with Crippen LogP contribution in [0.15, 0.2) is 18.2 Å². The number of nitrogens with two attached hydrogens (primary N) is 1. The molecule has 1 fully saturated rings. The molecule has 2 N–H and O–H groups in total. The topological polar surface area (TPSA) is 64.8 Å². The molecule has 1 aliphatic heterocycles. The number of ether oxygens (including phenoxy) is 2. The summed E-state index contributed by atoms with van der Waals surface area (Å²) < 4.78 is 23.4. The summed E-state index contributed by atoms with van der Waals surface area (Å²) in [6, 6.07) is 4.10. The maximum atomic E-state index is 13.1. The van der Waals surface area contributed by atoms with E-state index in [1.54, 1.807) is 4.90 Å². The van der Waals surface area contributed by atoms with Gasteiger partial charge in [-0.1, -0.05) is 0 Å². The molecule has 1 heterocycles. The SMILES string of the molecule is COc1ccc(F)cc1COC(=O)N1CCC(N)C1. The summed E-state index contributed by atoms with van der Waals surface area (Å²) >= 11 is 0. The second-order valence-electron chi connectivity index (χ2n) is 4.51. The van der Waals surface area contributed by atoms with Crippen LogP contribution in [0, 0.1) is 5.82 Å². The molecule has 0 spiro atoms.